The highest BCUT2D eigenvalue weighted by Crippen LogP contribution is 2.30. The second-order valence-corrected chi connectivity index (χ2v) is 6.52. The van der Waals surface area contributed by atoms with Gasteiger partial charge in [-0.3, -0.25) is 0 Å². The molecule has 1 amide bonds. The maximum Gasteiger partial charge on any atom is 0.410 e. The first-order valence-corrected chi connectivity index (χ1v) is 8.00. The summed E-state index contributed by atoms with van der Waals surface area (Å²) >= 11 is 0. The molecule has 0 spiro atoms. The molecule has 0 aliphatic rings. The minimum atomic E-state index is -0.594. The normalized spacial score (nSPS) is 14.2. The van der Waals surface area contributed by atoms with Crippen molar-refractivity contribution in [3.63, 3.8) is 0 Å². The number of rotatable bonds is 6. The van der Waals surface area contributed by atoms with Crippen LogP contribution in [0.25, 0.3) is 0 Å². The van der Waals surface area contributed by atoms with Gasteiger partial charge in [0.15, 0.2) is 0 Å². The maximum atomic E-state index is 12.4. The van der Waals surface area contributed by atoms with Crippen LogP contribution in [-0.4, -0.2) is 36.2 Å². The zero-order valence-corrected chi connectivity index (χ0v) is 15.2. The number of carbonyl (C=O) groups is 2. The fourth-order valence-corrected chi connectivity index (χ4v) is 2.24. The van der Waals surface area contributed by atoms with Gasteiger partial charge in [0, 0.05) is 19.0 Å². The lowest BCUT2D eigenvalue weighted by molar-refractivity contribution is -0.137. The highest BCUT2D eigenvalue weighted by Gasteiger charge is 2.31. The van der Waals surface area contributed by atoms with Crippen LogP contribution in [0.1, 0.15) is 46.4 Å². The van der Waals surface area contributed by atoms with E-state index in [-0.39, 0.29) is 5.92 Å². The fraction of sp³-hybridized carbons (Fsp3) is 0.556. The maximum absolute atomic E-state index is 12.4. The first kappa shape index (κ1) is 19.8. The molecular weight excluding hydrogens is 310 g/mol. The summed E-state index contributed by atoms with van der Waals surface area (Å²) in [6.45, 7) is 9.39. The van der Waals surface area contributed by atoms with Crippen molar-refractivity contribution in [2.24, 2.45) is 5.92 Å². The Bertz CT molecular complexity index is 556. The van der Waals surface area contributed by atoms with Gasteiger partial charge in [-0.15, -0.1) is 0 Å². The van der Waals surface area contributed by atoms with E-state index in [4.69, 9.17) is 13.9 Å². The van der Waals surface area contributed by atoms with Crippen molar-refractivity contribution < 1.29 is 23.5 Å². The van der Waals surface area contributed by atoms with Crippen molar-refractivity contribution in [3.8, 4) is 0 Å². The van der Waals surface area contributed by atoms with Gasteiger partial charge in [0.05, 0.1) is 18.9 Å². The van der Waals surface area contributed by atoms with Gasteiger partial charge in [0.2, 0.25) is 0 Å². The lowest BCUT2D eigenvalue weighted by Gasteiger charge is -2.32. The third kappa shape index (κ3) is 6.10. The summed E-state index contributed by atoms with van der Waals surface area (Å²) in [5.41, 5.74) is -0.594. The molecule has 0 saturated carbocycles. The molecule has 0 bridgehead atoms. The van der Waals surface area contributed by atoms with Gasteiger partial charge in [-0.1, -0.05) is 13.0 Å². The molecule has 0 aliphatic heterocycles. The predicted molar refractivity (Wildman–Crippen MR) is 90.4 cm³/mol. The van der Waals surface area contributed by atoms with Crippen LogP contribution in [0.15, 0.2) is 35.0 Å². The number of furan rings is 1. The smallest absolute Gasteiger partial charge is 0.410 e. The fourth-order valence-electron chi connectivity index (χ4n) is 2.24. The van der Waals surface area contributed by atoms with Gasteiger partial charge >= 0.3 is 12.1 Å². The SMILES string of the molecule is CCOC(=O)/C=C/[C@@H](C)[C@@H](c1ccco1)N(C)C(=O)OC(C)(C)C. The highest BCUT2D eigenvalue weighted by atomic mass is 16.6. The van der Waals surface area contributed by atoms with E-state index in [0.717, 1.165) is 0 Å². The molecule has 134 valence electrons. The molecule has 0 fully saturated rings. The van der Waals surface area contributed by atoms with Crippen molar-refractivity contribution in [1.82, 2.24) is 4.90 Å². The van der Waals surface area contributed by atoms with E-state index >= 15 is 0 Å². The zero-order chi connectivity index (χ0) is 18.3. The molecule has 6 nitrogen and oxygen atoms in total. The van der Waals surface area contributed by atoms with Crippen LogP contribution in [0.3, 0.4) is 0 Å². The van der Waals surface area contributed by atoms with E-state index in [1.165, 1.54) is 11.0 Å². The molecule has 1 heterocycles. The predicted octanol–water partition coefficient (Wildman–Crippen LogP) is 3.94. The lowest BCUT2D eigenvalue weighted by atomic mass is 9.98. The Labute approximate surface area is 143 Å². The van der Waals surface area contributed by atoms with Crippen LogP contribution in [0.5, 0.6) is 0 Å². The molecule has 0 unspecified atom stereocenters. The Balaban J connectivity index is 2.96. The van der Waals surface area contributed by atoms with E-state index in [9.17, 15) is 9.59 Å². The van der Waals surface area contributed by atoms with Crippen LogP contribution < -0.4 is 0 Å². The summed E-state index contributed by atoms with van der Waals surface area (Å²) < 4.78 is 15.8. The number of hydrogen-bond donors (Lipinski definition) is 0. The van der Waals surface area contributed by atoms with Crippen LogP contribution in [0.4, 0.5) is 4.79 Å². The molecule has 2 atom stereocenters. The van der Waals surface area contributed by atoms with Gasteiger partial charge in [0.25, 0.3) is 0 Å². The molecule has 0 saturated heterocycles. The van der Waals surface area contributed by atoms with Crippen molar-refractivity contribution in [1.29, 1.82) is 0 Å². The molecular formula is C18H27NO5. The zero-order valence-electron chi connectivity index (χ0n) is 15.2. The molecule has 0 radical (unpaired) electrons. The minimum absolute atomic E-state index is 0.182. The quantitative estimate of drug-likeness (QED) is 0.581. The largest absolute Gasteiger partial charge is 0.467 e. The van der Waals surface area contributed by atoms with Crippen LogP contribution in [0.2, 0.25) is 0 Å². The average molecular weight is 337 g/mol. The summed E-state index contributed by atoms with van der Waals surface area (Å²) in [7, 11) is 1.65. The number of hydrogen-bond acceptors (Lipinski definition) is 5. The Morgan fingerprint density at radius 1 is 1.38 bits per heavy atom. The third-order valence-electron chi connectivity index (χ3n) is 3.25. The van der Waals surface area contributed by atoms with Crippen molar-refractivity contribution in [3.05, 3.63) is 36.3 Å². The van der Waals surface area contributed by atoms with E-state index in [0.29, 0.717) is 12.4 Å². The van der Waals surface area contributed by atoms with Gasteiger partial charge in [-0.2, -0.15) is 0 Å². The summed E-state index contributed by atoms with van der Waals surface area (Å²) in [4.78, 5) is 25.4. The van der Waals surface area contributed by atoms with E-state index in [2.05, 4.69) is 0 Å². The lowest BCUT2D eigenvalue weighted by Crippen LogP contribution is -2.38. The second kappa shape index (κ2) is 8.57. The van der Waals surface area contributed by atoms with Gasteiger partial charge in [0.1, 0.15) is 11.4 Å². The van der Waals surface area contributed by atoms with Gasteiger partial charge in [-0.05, 0) is 39.8 Å². The molecule has 1 aromatic rings. The molecule has 0 aromatic carbocycles. The van der Waals surface area contributed by atoms with Crippen molar-refractivity contribution in [2.45, 2.75) is 46.3 Å². The first-order chi connectivity index (χ1) is 11.2. The number of ether oxygens (including phenoxy) is 2. The molecule has 0 aliphatic carbocycles. The second-order valence-electron chi connectivity index (χ2n) is 6.52. The van der Waals surface area contributed by atoms with Crippen LogP contribution in [0, 0.1) is 5.92 Å². The monoisotopic (exact) mass is 337 g/mol. The molecule has 24 heavy (non-hydrogen) atoms. The number of carbonyl (C=O) groups excluding carboxylic acids is 2. The van der Waals surface area contributed by atoms with E-state index in [1.807, 2.05) is 27.7 Å². The number of amides is 1. The molecule has 1 rings (SSSR count). The summed E-state index contributed by atoms with van der Waals surface area (Å²) in [6.07, 6.45) is 4.16. The average Bonchev–Trinajstić information content (AvgIpc) is 2.97. The first-order valence-electron chi connectivity index (χ1n) is 8.00. The number of nitrogens with zero attached hydrogens (tertiary/aromatic N) is 1. The highest BCUT2D eigenvalue weighted by molar-refractivity contribution is 5.81. The minimum Gasteiger partial charge on any atom is -0.467 e. The van der Waals surface area contributed by atoms with Crippen molar-refractivity contribution in [2.75, 3.05) is 13.7 Å². The van der Waals surface area contributed by atoms with Crippen LogP contribution >= 0.6 is 0 Å². The van der Waals surface area contributed by atoms with Gasteiger partial charge in [-0.25, -0.2) is 9.59 Å². The Hall–Kier alpha value is -2.24. The summed E-state index contributed by atoms with van der Waals surface area (Å²) in [6, 6.07) is 3.15. The van der Waals surface area contributed by atoms with Crippen molar-refractivity contribution >= 4 is 12.1 Å². The standard InChI is InChI=1S/C18H27NO5/c1-7-22-15(20)11-10-13(2)16(14-9-8-12-23-14)19(6)17(21)24-18(3,4)5/h8-13,16H,7H2,1-6H3/b11-10+/t13-,16+/m1/s1. The topological polar surface area (TPSA) is 69.0 Å². The number of esters is 1. The summed E-state index contributed by atoms with van der Waals surface area (Å²) in [5, 5.41) is 0. The Kier molecular flexibility index (Phi) is 7.07. The van der Waals surface area contributed by atoms with Crippen LogP contribution in [-0.2, 0) is 14.3 Å². The molecule has 1 aromatic heterocycles. The molecule has 6 heteroatoms. The molecule has 0 N–H and O–H groups in total. The Morgan fingerprint density at radius 3 is 2.54 bits per heavy atom. The van der Waals surface area contributed by atoms with E-state index < -0.39 is 23.7 Å². The van der Waals surface area contributed by atoms with E-state index in [1.54, 1.807) is 38.4 Å². The Morgan fingerprint density at radius 2 is 2.04 bits per heavy atom. The third-order valence-corrected chi connectivity index (χ3v) is 3.25. The summed E-state index contributed by atoms with van der Waals surface area (Å²) in [5.74, 6) is 0.0184. The van der Waals surface area contributed by atoms with Gasteiger partial charge < -0.3 is 18.8 Å².